The van der Waals surface area contributed by atoms with E-state index in [-0.39, 0.29) is 0 Å². The molecule has 0 unspecified atom stereocenters. The lowest BCUT2D eigenvalue weighted by Crippen LogP contribution is -2.16. The van der Waals surface area contributed by atoms with E-state index in [1.54, 1.807) is 0 Å². The number of rotatable bonds is 4. The molecule has 2 nitrogen and oxygen atoms in total. The highest BCUT2D eigenvalue weighted by Gasteiger charge is 1.88. The zero-order valence-electron chi connectivity index (χ0n) is 7.30. The predicted octanol–water partition coefficient (Wildman–Crippen LogP) is 1.92. The molecule has 1 aromatic rings. The summed E-state index contributed by atoms with van der Waals surface area (Å²) in [6, 6.07) is 8.14. The van der Waals surface area contributed by atoms with Crippen molar-refractivity contribution in [3.63, 3.8) is 0 Å². The monoisotopic (exact) mass is 162 g/mol. The van der Waals surface area contributed by atoms with Gasteiger partial charge in [-0.05, 0) is 24.7 Å². The van der Waals surface area contributed by atoms with E-state index < -0.39 is 0 Å². The molecule has 0 aromatic heterocycles. The van der Waals surface area contributed by atoms with Crippen LogP contribution in [-0.2, 0) is 0 Å². The second kappa shape index (κ2) is 4.57. The molecule has 2 heteroatoms. The maximum Gasteiger partial charge on any atom is 0.0650 e. The fourth-order valence-corrected chi connectivity index (χ4v) is 0.928. The molecule has 12 heavy (non-hydrogen) atoms. The van der Waals surface area contributed by atoms with Crippen LogP contribution in [0.3, 0.4) is 0 Å². The molecule has 0 aliphatic carbocycles. The molecule has 0 radical (unpaired) electrons. The Balaban J connectivity index is 2.58. The van der Waals surface area contributed by atoms with Crippen LogP contribution in [0.15, 0.2) is 30.8 Å². The number of anilines is 1. The molecule has 0 spiro atoms. The molecule has 1 aromatic carbocycles. The van der Waals surface area contributed by atoms with Gasteiger partial charge in [-0.3, -0.25) is 0 Å². The van der Waals surface area contributed by atoms with Gasteiger partial charge in [-0.25, -0.2) is 0 Å². The summed E-state index contributed by atoms with van der Waals surface area (Å²) in [4.78, 5) is 0. The molecule has 64 valence electrons. The van der Waals surface area contributed by atoms with E-state index >= 15 is 0 Å². The number of nitrogens with one attached hydrogen (secondary N) is 2. The van der Waals surface area contributed by atoms with Crippen LogP contribution in [0, 0.1) is 0 Å². The minimum absolute atomic E-state index is 0.785. The summed E-state index contributed by atoms with van der Waals surface area (Å²) >= 11 is 0. The van der Waals surface area contributed by atoms with Gasteiger partial charge in [-0.1, -0.05) is 24.8 Å². The van der Waals surface area contributed by atoms with Gasteiger partial charge < -0.3 is 10.6 Å². The van der Waals surface area contributed by atoms with E-state index in [0.717, 1.165) is 17.9 Å². The standard InChI is InChI=1S/C10H14N2/c1-3-9-4-6-10(7-5-9)12-8-11-2/h3-7,11-12H,1,8H2,2H3. The van der Waals surface area contributed by atoms with Gasteiger partial charge in [0, 0.05) is 5.69 Å². The highest BCUT2D eigenvalue weighted by Crippen LogP contribution is 2.09. The van der Waals surface area contributed by atoms with Crippen LogP contribution < -0.4 is 10.6 Å². The Hall–Kier alpha value is -1.28. The molecular weight excluding hydrogens is 148 g/mol. The first-order valence-electron chi connectivity index (χ1n) is 3.98. The average Bonchev–Trinajstić information content (AvgIpc) is 2.15. The van der Waals surface area contributed by atoms with Gasteiger partial charge in [0.1, 0.15) is 0 Å². The number of benzene rings is 1. The van der Waals surface area contributed by atoms with Gasteiger partial charge in [0.25, 0.3) is 0 Å². The lowest BCUT2D eigenvalue weighted by Gasteiger charge is -2.04. The van der Waals surface area contributed by atoms with Gasteiger partial charge in [0.2, 0.25) is 0 Å². The molecule has 0 aliphatic heterocycles. The zero-order chi connectivity index (χ0) is 8.81. The average molecular weight is 162 g/mol. The number of hydrogen-bond donors (Lipinski definition) is 2. The molecule has 0 atom stereocenters. The van der Waals surface area contributed by atoms with Crippen molar-refractivity contribution in [2.75, 3.05) is 19.0 Å². The molecule has 0 bridgehead atoms. The van der Waals surface area contributed by atoms with Crippen LogP contribution in [0.5, 0.6) is 0 Å². The lowest BCUT2D eigenvalue weighted by atomic mass is 10.2. The molecular formula is C10H14N2. The summed E-state index contributed by atoms with van der Waals surface area (Å²) in [6.45, 7) is 4.48. The van der Waals surface area contributed by atoms with Crippen molar-refractivity contribution in [3.05, 3.63) is 36.4 Å². The van der Waals surface area contributed by atoms with Crippen LogP contribution in [-0.4, -0.2) is 13.7 Å². The van der Waals surface area contributed by atoms with E-state index in [2.05, 4.69) is 17.2 Å². The Labute approximate surface area is 73.3 Å². The molecule has 1 rings (SSSR count). The maximum absolute atomic E-state index is 3.69. The highest BCUT2D eigenvalue weighted by molar-refractivity contribution is 5.53. The van der Waals surface area contributed by atoms with E-state index in [4.69, 9.17) is 0 Å². The summed E-state index contributed by atoms with van der Waals surface area (Å²) in [5.74, 6) is 0. The van der Waals surface area contributed by atoms with Gasteiger partial charge >= 0.3 is 0 Å². The zero-order valence-corrected chi connectivity index (χ0v) is 7.30. The van der Waals surface area contributed by atoms with Crippen molar-refractivity contribution in [1.29, 1.82) is 0 Å². The van der Waals surface area contributed by atoms with E-state index in [0.29, 0.717) is 0 Å². The first kappa shape index (κ1) is 8.81. The second-order valence-corrected chi connectivity index (χ2v) is 2.53. The second-order valence-electron chi connectivity index (χ2n) is 2.53. The van der Waals surface area contributed by atoms with Crippen molar-refractivity contribution in [2.45, 2.75) is 0 Å². The minimum atomic E-state index is 0.785. The highest BCUT2D eigenvalue weighted by atomic mass is 15.0. The summed E-state index contributed by atoms with van der Waals surface area (Å²) in [5.41, 5.74) is 2.26. The first-order valence-corrected chi connectivity index (χ1v) is 3.98. The van der Waals surface area contributed by atoms with Gasteiger partial charge in [0.05, 0.1) is 6.67 Å². The smallest absolute Gasteiger partial charge is 0.0650 e. The maximum atomic E-state index is 3.69. The van der Waals surface area contributed by atoms with E-state index in [1.165, 1.54) is 0 Å². The molecule has 0 aliphatic rings. The summed E-state index contributed by atoms with van der Waals surface area (Å²) in [6.07, 6.45) is 1.84. The van der Waals surface area contributed by atoms with Crippen LogP contribution in [0.4, 0.5) is 5.69 Å². The van der Waals surface area contributed by atoms with Gasteiger partial charge in [-0.15, -0.1) is 0 Å². The fraction of sp³-hybridized carbons (Fsp3) is 0.200. The Morgan fingerprint density at radius 1 is 1.33 bits per heavy atom. The Bertz CT molecular complexity index is 239. The third-order valence-corrected chi connectivity index (χ3v) is 1.62. The normalized spacial score (nSPS) is 9.42. The molecule has 2 N–H and O–H groups in total. The third-order valence-electron chi connectivity index (χ3n) is 1.62. The Morgan fingerprint density at radius 3 is 2.50 bits per heavy atom. The van der Waals surface area contributed by atoms with Gasteiger partial charge in [-0.2, -0.15) is 0 Å². The van der Waals surface area contributed by atoms with Crippen molar-refractivity contribution in [1.82, 2.24) is 5.32 Å². The quantitative estimate of drug-likeness (QED) is 0.661. The number of hydrogen-bond acceptors (Lipinski definition) is 2. The van der Waals surface area contributed by atoms with Crippen LogP contribution in [0.25, 0.3) is 6.08 Å². The molecule has 0 amide bonds. The third kappa shape index (κ3) is 2.40. The molecule has 0 saturated carbocycles. The van der Waals surface area contributed by atoms with Crippen molar-refractivity contribution in [3.8, 4) is 0 Å². The van der Waals surface area contributed by atoms with Crippen molar-refractivity contribution in [2.24, 2.45) is 0 Å². The first-order chi connectivity index (χ1) is 5.86. The van der Waals surface area contributed by atoms with Crippen molar-refractivity contribution >= 4 is 11.8 Å². The van der Waals surface area contributed by atoms with Gasteiger partial charge in [0.15, 0.2) is 0 Å². The van der Waals surface area contributed by atoms with E-state index in [1.807, 2.05) is 37.4 Å². The predicted molar refractivity (Wildman–Crippen MR) is 54.1 cm³/mol. The Kier molecular flexibility index (Phi) is 3.35. The summed E-state index contributed by atoms with van der Waals surface area (Å²) < 4.78 is 0. The van der Waals surface area contributed by atoms with Crippen LogP contribution >= 0.6 is 0 Å². The molecule has 0 saturated heterocycles. The fourth-order valence-electron chi connectivity index (χ4n) is 0.928. The topological polar surface area (TPSA) is 24.1 Å². The molecule has 0 heterocycles. The molecule has 0 fully saturated rings. The van der Waals surface area contributed by atoms with E-state index in [9.17, 15) is 0 Å². The summed E-state index contributed by atoms with van der Waals surface area (Å²) in [5, 5.41) is 6.21. The van der Waals surface area contributed by atoms with Crippen LogP contribution in [0.1, 0.15) is 5.56 Å². The van der Waals surface area contributed by atoms with Crippen LogP contribution in [0.2, 0.25) is 0 Å². The Morgan fingerprint density at radius 2 is 2.00 bits per heavy atom. The van der Waals surface area contributed by atoms with Crippen molar-refractivity contribution < 1.29 is 0 Å². The lowest BCUT2D eigenvalue weighted by molar-refractivity contribution is 0.874. The largest absolute Gasteiger partial charge is 0.372 e. The SMILES string of the molecule is C=Cc1ccc(NCNC)cc1. The minimum Gasteiger partial charge on any atom is -0.372 e. The summed E-state index contributed by atoms with van der Waals surface area (Å²) in [7, 11) is 1.91.